The van der Waals surface area contributed by atoms with Crippen LogP contribution in [0.1, 0.15) is 31.2 Å². The van der Waals surface area contributed by atoms with Crippen LogP contribution in [0.5, 0.6) is 11.5 Å². The zero-order valence-corrected chi connectivity index (χ0v) is 14.9. The second kappa shape index (κ2) is 7.75. The molecule has 134 valence electrons. The van der Waals surface area contributed by atoms with Crippen LogP contribution in [0.4, 0.5) is 0 Å². The van der Waals surface area contributed by atoms with E-state index in [1.54, 1.807) is 19.2 Å². The van der Waals surface area contributed by atoms with Crippen LogP contribution < -0.4 is 9.47 Å². The number of carbonyl (C=O) groups excluding carboxylic acids is 1. The molecule has 1 aromatic carbocycles. The lowest BCUT2D eigenvalue weighted by atomic mass is 9.91. The minimum atomic E-state index is 0.154. The molecule has 3 rings (SSSR count). The number of amides is 1. The topological polar surface area (TPSA) is 65.8 Å². The number of likely N-dealkylation sites (N-methyl/N-ethyl adjacent to an activating group) is 1. The molecular formula is C19H25N3O3. The molecule has 1 aliphatic heterocycles. The second-order valence-corrected chi connectivity index (χ2v) is 6.81. The lowest BCUT2D eigenvalue weighted by Crippen LogP contribution is -2.53. The first-order chi connectivity index (χ1) is 12.1. The zero-order chi connectivity index (χ0) is 17.8. The van der Waals surface area contributed by atoms with Crippen molar-refractivity contribution in [1.29, 1.82) is 5.26 Å². The van der Waals surface area contributed by atoms with E-state index >= 15 is 0 Å². The maximum absolute atomic E-state index is 11.9. The van der Waals surface area contributed by atoms with Crippen LogP contribution in [-0.2, 0) is 4.79 Å². The molecule has 0 radical (unpaired) electrons. The molecular weight excluding hydrogens is 318 g/mol. The molecule has 0 atom stereocenters. The molecule has 1 heterocycles. The van der Waals surface area contributed by atoms with Crippen molar-refractivity contribution in [2.75, 3.05) is 33.8 Å². The van der Waals surface area contributed by atoms with Gasteiger partial charge in [0, 0.05) is 32.2 Å². The van der Waals surface area contributed by atoms with E-state index < -0.39 is 0 Å². The fourth-order valence-electron chi connectivity index (χ4n) is 3.63. The van der Waals surface area contributed by atoms with Gasteiger partial charge in [-0.2, -0.15) is 5.26 Å². The van der Waals surface area contributed by atoms with Crippen LogP contribution >= 0.6 is 0 Å². The predicted octanol–water partition coefficient (Wildman–Crippen LogP) is 2.03. The van der Waals surface area contributed by atoms with E-state index in [4.69, 9.17) is 14.7 Å². The monoisotopic (exact) mass is 343 g/mol. The summed E-state index contributed by atoms with van der Waals surface area (Å²) in [6, 6.07) is 7.84. The Morgan fingerprint density at radius 3 is 2.56 bits per heavy atom. The van der Waals surface area contributed by atoms with Crippen LogP contribution in [-0.4, -0.2) is 61.6 Å². The molecule has 1 saturated heterocycles. The minimum absolute atomic E-state index is 0.154. The Labute approximate surface area is 148 Å². The van der Waals surface area contributed by atoms with E-state index in [9.17, 15) is 4.79 Å². The van der Waals surface area contributed by atoms with Gasteiger partial charge in [0.25, 0.3) is 0 Å². The molecule has 0 unspecified atom stereocenters. The molecule has 25 heavy (non-hydrogen) atoms. The van der Waals surface area contributed by atoms with Gasteiger partial charge in [0.1, 0.15) is 0 Å². The van der Waals surface area contributed by atoms with Gasteiger partial charge in [-0.15, -0.1) is 0 Å². The number of nitriles is 1. The van der Waals surface area contributed by atoms with E-state index in [0.717, 1.165) is 38.8 Å². The number of ether oxygens (including phenoxy) is 2. The second-order valence-electron chi connectivity index (χ2n) is 6.81. The molecule has 1 aromatic rings. The van der Waals surface area contributed by atoms with Crippen LogP contribution in [0, 0.1) is 11.3 Å². The van der Waals surface area contributed by atoms with Crippen molar-refractivity contribution >= 4 is 5.91 Å². The largest absolute Gasteiger partial charge is 0.493 e. The highest BCUT2D eigenvalue weighted by atomic mass is 16.5. The molecule has 0 N–H and O–H groups in total. The third kappa shape index (κ3) is 4.05. The molecule has 2 aliphatic rings. The van der Waals surface area contributed by atoms with Gasteiger partial charge in [0.15, 0.2) is 11.5 Å². The SMILES string of the molecule is COc1cc(C#N)ccc1O[C@H]1CC[C@H](N2CCN(C)C(=O)C2)CC1. The molecule has 1 aliphatic carbocycles. The van der Waals surface area contributed by atoms with Gasteiger partial charge in [-0.25, -0.2) is 0 Å². The number of piperazine rings is 1. The molecule has 1 saturated carbocycles. The van der Waals surface area contributed by atoms with Gasteiger partial charge in [-0.3, -0.25) is 9.69 Å². The fourth-order valence-corrected chi connectivity index (χ4v) is 3.63. The highest BCUT2D eigenvalue weighted by Gasteiger charge is 2.31. The standard InChI is InChI=1S/C19H25N3O3/c1-21-9-10-22(13-19(21)23)15-4-6-16(7-5-15)25-17-8-3-14(12-20)11-18(17)24-2/h3,8,11,15-16H,4-7,9-10,13H2,1-2H3/t15-,16-. The number of nitrogens with zero attached hydrogens (tertiary/aromatic N) is 3. The van der Waals surface area contributed by atoms with E-state index in [-0.39, 0.29) is 12.0 Å². The first kappa shape index (κ1) is 17.6. The van der Waals surface area contributed by atoms with E-state index in [0.29, 0.717) is 29.6 Å². The lowest BCUT2D eigenvalue weighted by molar-refractivity contribution is -0.135. The van der Waals surface area contributed by atoms with Crippen molar-refractivity contribution < 1.29 is 14.3 Å². The predicted molar refractivity (Wildman–Crippen MR) is 93.6 cm³/mol. The van der Waals surface area contributed by atoms with Crippen LogP contribution in [0.2, 0.25) is 0 Å². The highest BCUT2D eigenvalue weighted by molar-refractivity contribution is 5.78. The van der Waals surface area contributed by atoms with Crippen molar-refractivity contribution in [2.45, 2.75) is 37.8 Å². The Bertz CT molecular complexity index is 662. The molecule has 1 amide bonds. The fraction of sp³-hybridized carbons (Fsp3) is 0.579. The number of carbonyl (C=O) groups is 1. The highest BCUT2D eigenvalue weighted by Crippen LogP contribution is 2.33. The summed E-state index contributed by atoms with van der Waals surface area (Å²) < 4.78 is 11.5. The molecule has 2 fully saturated rings. The number of hydrogen-bond acceptors (Lipinski definition) is 5. The molecule has 0 aromatic heterocycles. The first-order valence-corrected chi connectivity index (χ1v) is 8.83. The van der Waals surface area contributed by atoms with Crippen molar-refractivity contribution in [3.05, 3.63) is 23.8 Å². The van der Waals surface area contributed by atoms with Gasteiger partial charge in [0.05, 0.1) is 31.4 Å². The summed E-state index contributed by atoms with van der Waals surface area (Å²) in [7, 11) is 3.46. The zero-order valence-electron chi connectivity index (χ0n) is 14.9. The molecule has 0 bridgehead atoms. The lowest BCUT2D eigenvalue weighted by Gasteiger charge is -2.40. The van der Waals surface area contributed by atoms with E-state index in [2.05, 4.69) is 11.0 Å². The van der Waals surface area contributed by atoms with Gasteiger partial charge in [-0.1, -0.05) is 0 Å². The smallest absolute Gasteiger partial charge is 0.236 e. The van der Waals surface area contributed by atoms with Crippen LogP contribution in [0.3, 0.4) is 0 Å². The Hall–Kier alpha value is -2.26. The minimum Gasteiger partial charge on any atom is -0.493 e. The van der Waals surface area contributed by atoms with Crippen molar-refractivity contribution in [3.8, 4) is 17.6 Å². The maximum Gasteiger partial charge on any atom is 0.236 e. The van der Waals surface area contributed by atoms with E-state index in [1.165, 1.54) is 0 Å². The van der Waals surface area contributed by atoms with Gasteiger partial charge < -0.3 is 14.4 Å². The summed E-state index contributed by atoms with van der Waals surface area (Å²) in [6.07, 6.45) is 4.17. The Morgan fingerprint density at radius 1 is 1.16 bits per heavy atom. The van der Waals surface area contributed by atoms with Gasteiger partial charge >= 0.3 is 0 Å². The molecule has 6 nitrogen and oxygen atoms in total. The average Bonchev–Trinajstić information content (AvgIpc) is 2.65. The summed E-state index contributed by atoms with van der Waals surface area (Å²) in [5, 5.41) is 8.98. The van der Waals surface area contributed by atoms with Crippen LogP contribution in [0.15, 0.2) is 18.2 Å². The Balaban J connectivity index is 1.55. The molecule has 6 heteroatoms. The molecule has 0 spiro atoms. The third-order valence-electron chi connectivity index (χ3n) is 5.23. The quantitative estimate of drug-likeness (QED) is 0.837. The van der Waals surface area contributed by atoms with E-state index in [1.807, 2.05) is 18.0 Å². The number of hydrogen-bond donors (Lipinski definition) is 0. The number of benzene rings is 1. The average molecular weight is 343 g/mol. The third-order valence-corrected chi connectivity index (χ3v) is 5.23. The summed E-state index contributed by atoms with van der Waals surface area (Å²) in [4.78, 5) is 16.0. The summed E-state index contributed by atoms with van der Waals surface area (Å²) in [5.41, 5.74) is 0.563. The Kier molecular flexibility index (Phi) is 5.44. The normalized spacial score (nSPS) is 24.7. The van der Waals surface area contributed by atoms with Crippen molar-refractivity contribution in [3.63, 3.8) is 0 Å². The van der Waals surface area contributed by atoms with Gasteiger partial charge in [0.2, 0.25) is 5.91 Å². The summed E-state index contributed by atoms with van der Waals surface area (Å²) in [6.45, 7) is 2.32. The number of methoxy groups -OCH3 is 1. The van der Waals surface area contributed by atoms with Gasteiger partial charge in [-0.05, 0) is 37.8 Å². The number of rotatable bonds is 4. The van der Waals surface area contributed by atoms with Crippen molar-refractivity contribution in [2.24, 2.45) is 0 Å². The van der Waals surface area contributed by atoms with Crippen molar-refractivity contribution in [1.82, 2.24) is 9.80 Å². The maximum atomic E-state index is 11.9. The summed E-state index contributed by atoms with van der Waals surface area (Å²) in [5.74, 6) is 1.51. The first-order valence-electron chi connectivity index (χ1n) is 8.83. The Morgan fingerprint density at radius 2 is 1.92 bits per heavy atom. The van der Waals surface area contributed by atoms with Crippen LogP contribution in [0.25, 0.3) is 0 Å². The summed E-state index contributed by atoms with van der Waals surface area (Å²) >= 11 is 0.